The Bertz CT molecular complexity index is 978. The van der Waals surface area contributed by atoms with Crippen molar-refractivity contribution >= 4 is 29.4 Å². The van der Waals surface area contributed by atoms with Gasteiger partial charge in [-0.1, -0.05) is 47.7 Å². The first-order chi connectivity index (χ1) is 13.6. The van der Waals surface area contributed by atoms with E-state index >= 15 is 0 Å². The van der Waals surface area contributed by atoms with E-state index in [2.05, 4.69) is 15.5 Å². The zero-order chi connectivity index (χ0) is 19.5. The summed E-state index contributed by atoms with van der Waals surface area (Å²) in [6.45, 7) is 2.61. The number of hydrogen-bond donors (Lipinski definition) is 0. The fourth-order valence-corrected chi connectivity index (χ4v) is 5.06. The molecule has 1 fully saturated rings. The summed E-state index contributed by atoms with van der Waals surface area (Å²) in [4.78, 5) is 14.6. The van der Waals surface area contributed by atoms with Gasteiger partial charge in [0.25, 0.3) is 0 Å². The molecule has 1 aliphatic heterocycles. The van der Waals surface area contributed by atoms with Gasteiger partial charge in [-0.25, -0.2) is 4.39 Å². The predicted octanol–water partition coefficient (Wildman–Crippen LogP) is 3.48. The second-order valence-corrected chi connectivity index (χ2v) is 8.46. The van der Waals surface area contributed by atoms with Crippen molar-refractivity contribution in [1.29, 1.82) is 0 Å². The highest BCUT2D eigenvalue weighted by Gasteiger charge is 2.32. The Balaban J connectivity index is 1.46. The molecule has 144 valence electrons. The number of nitrogens with zero attached hydrogens (tertiary/aromatic N) is 5. The minimum Gasteiger partial charge on any atom is -0.325 e. The Labute approximate surface area is 170 Å². The van der Waals surface area contributed by atoms with Crippen LogP contribution in [0, 0.1) is 12.7 Å². The van der Waals surface area contributed by atoms with Gasteiger partial charge in [0.1, 0.15) is 11.2 Å². The van der Waals surface area contributed by atoms with Crippen molar-refractivity contribution in [2.75, 3.05) is 18.1 Å². The Kier molecular flexibility index (Phi) is 5.63. The number of aromatic nitrogens is 4. The quantitative estimate of drug-likeness (QED) is 0.595. The van der Waals surface area contributed by atoms with E-state index in [9.17, 15) is 9.18 Å². The topological polar surface area (TPSA) is 63.9 Å². The molecular weight excluding hydrogens is 397 g/mol. The highest BCUT2D eigenvalue weighted by Crippen LogP contribution is 2.39. The maximum absolute atomic E-state index is 14.2. The summed E-state index contributed by atoms with van der Waals surface area (Å²) in [6, 6.07) is 14.5. The number of halogens is 1. The zero-order valence-corrected chi connectivity index (χ0v) is 16.8. The summed E-state index contributed by atoms with van der Waals surface area (Å²) in [5, 5.41) is 12.0. The molecule has 1 amide bonds. The standard InChI is InChI=1S/C19H18FN5OS2/c1-13-6-8-14(9-7-13)25-19(21-22-23-25)28-12-17(26)24-10-11-27-18(24)15-4-2-3-5-16(15)20/h2-9,18H,10-12H2,1H3. The van der Waals surface area contributed by atoms with Crippen LogP contribution in [-0.4, -0.2) is 49.1 Å². The van der Waals surface area contributed by atoms with Gasteiger partial charge in [0.05, 0.1) is 11.4 Å². The number of carbonyl (C=O) groups excluding carboxylic acids is 1. The highest BCUT2D eigenvalue weighted by molar-refractivity contribution is 8.00. The lowest BCUT2D eigenvalue weighted by atomic mass is 10.2. The fraction of sp³-hybridized carbons (Fsp3) is 0.263. The van der Waals surface area contributed by atoms with Crippen molar-refractivity contribution in [2.24, 2.45) is 0 Å². The van der Waals surface area contributed by atoms with E-state index in [4.69, 9.17) is 0 Å². The van der Waals surface area contributed by atoms with Crippen LogP contribution in [0.3, 0.4) is 0 Å². The van der Waals surface area contributed by atoms with Crippen LogP contribution >= 0.6 is 23.5 Å². The smallest absolute Gasteiger partial charge is 0.234 e. The molecule has 0 N–H and O–H groups in total. The molecule has 1 unspecified atom stereocenters. The summed E-state index contributed by atoms with van der Waals surface area (Å²) in [7, 11) is 0. The van der Waals surface area contributed by atoms with Crippen LogP contribution in [0.15, 0.2) is 53.7 Å². The van der Waals surface area contributed by atoms with Crippen molar-refractivity contribution in [1.82, 2.24) is 25.1 Å². The van der Waals surface area contributed by atoms with Gasteiger partial charge >= 0.3 is 0 Å². The van der Waals surface area contributed by atoms with Crippen molar-refractivity contribution in [3.8, 4) is 5.69 Å². The summed E-state index contributed by atoms with van der Waals surface area (Å²) < 4.78 is 15.8. The van der Waals surface area contributed by atoms with Gasteiger partial charge in [0, 0.05) is 17.9 Å². The molecule has 1 aromatic heterocycles. The molecule has 1 atom stereocenters. The van der Waals surface area contributed by atoms with Crippen molar-refractivity contribution in [3.05, 3.63) is 65.5 Å². The van der Waals surface area contributed by atoms with Crippen LogP contribution in [-0.2, 0) is 4.79 Å². The molecule has 0 saturated carbocycles. The largest absolute Gasteiger partial charge is 0.325 e. The van der Waals surface area contributed by atoms with Gasteiger partial charge in [-0.3, -0.25) is 4.79 Å². The molecular formula is C19H18FN5OS2. The molecule has 1 aliphatic rings. The second kappa shape index (κ2) is 8.32. The van der Waals surface area contributed by atoms with Gasteiger partial charge in [-0.15, -0.1) is 16.9 Å². The van der Waals surface area contributed by atoms with Gasteiger partial charge in [-0.2, -0.15) is 4.68 Å². The lowest BCUT2D eigenvalue weighted by Gasteiger charge is -2.24. The van der Waals surface area contributed by atoms with Crippen LogP contribution in [0.5, 0.6) is 0 Å². The van der Waals surface area contributed by atoms with Crippen molar-refractivity contribution in [2.45, 2.75) is 17.5 Å². The van der Waals surface area contributed by atoms with E-state index in [1.165, 1.54) is 17.8 Å². The number of rotatable bonds is 5. The van der Waals surface area contributed by atoms with Crippen LogP contribution in [0.4, 0.5) is 4.39 Å². The second-order valence-electron chi connectivity index (χ2n) is 6.33. The molecule has 3 aromatic rings. The lowest BCUT2D eigenvalue weighted by Crippen LogP contribution is -2.32. The zero-order valence-electron chi connectivity index (χ0n) is 15.2. The average molecular weight is 416 g/mol. The third-order valence-electron chi connectivity index (χ3n) is 4.43. The molecule has 4 rings (SSSR count). The van der Waals surface area contributed by atoms with Gasteiger partial charge in [0.15, 0.2) is 0 Å². The Morgan fingerprint density at radius 2 is 2.04 bits per heavy atom. The molecule has 1 saturated heterocycles. The van der Waals surface area contributed by atoms with Gasteiger partial charge in [-0.05, 0) is 35.5 Å². The average Bonchev–Trinajstić information content (AvgIpc) is 3.37. The van der Waals surface area contributed by atoms with Crippen LogP contribution in [0.1, 0.15) is 16.5 Å². The summed E-state index contributed by atoms with van der Waals surface area (Å²) >= 11 is 2.86. The highest BCUT2D eigenvalue weighted by atomic mass is 32.2. The van der Waals surface area contributed by atoms with Crippen LogP contribution in [0.25, 0.3) is 5.69 Å². The molecule has 0 aliphatic carbocycles. The number of benzene rings is 2. The Morgan fingerprint density at radius 1 is 1.25 bits per heavy atom. The van der Waals surface area contributed by atoms with Crippen molar-refractivity contribution < 1.29 is 9.18 Å². The normalized spacial score (nSPS) is 16.5. The minimum atomic E-state index is -0.289. The molecule has 6 nitrogen and oxygen atoms in total. The lowest BCUT2D eigenvalue weighted by molar-refractivity contribution is -0.128. The fourth-order valence-electron chi connectivity index (χ4n) is 2.98. The summed E-state index contributed by atoms with van der Waals surface area (Å²) in [6.07, 6.45) is 0. The van der Waals surface area contributed by atoms with Gasteiger partial charge < -0.3 is 4.90 Å². The SMILES string of the molecule is Cc1ccc(-n2nnnc2SCC(=O)N2CCSC2c2ccccc2F)cc1. The van der Waals surface area contributed by atoms with E-state index in [-0.39, 0.29) is 22.9 Å². The summed E-state index contributed by atoms with van der Waals surface area (Å²) in [5.41, 5.74) is 2.53. The third kappa shape index (κ3) is 3.90. The van der Waals surface area contributed by atoms with E-state index in [0.29, 0.717) is 17.3 Å². The first-order valence-corrected chi connectivity index (χ1v) is 10.8. The number of aryl methyl sites for hydroxylation is 1. The van der Waals surface area contributed by atoms with Gasteiger partial charge in [0.2, 0.25) is 11.1 Å². The van der Waals surface area contributed by atoms with E-state index in [1.807, 2.05) is 31.2 Å². The van der Waals surface area contributed by atoms with E-state index < -0.39 is 0 Å². The van der Waals surface area contributed by atoms with Crippen LogP contribution < -0.4 is 0 Å². The molecule has 0 spiro atoms. The Hall–Kier alpha value is -2.39. The molecule has 28 heavy (non-hydrogen) atoms. The van der Waals surface area contributed by atoms with Crippen LogP contribution in [0.2, 0.25) is 0 Å². The maximum atomic E-state index is 14.2. The molecule has 0 radical (unpaired) electrons. The van der Waals surface area contributed by atoms with E-state index in [0.717, 1.165) is 17.0 Å². The number of carbonyl (C=O) groups is 1. The summed E-state index contributed by atoms with van der Waals surface area (Å²) in [5.74, 6) is 0.645. The first kappa shape index (κ1) is 18.9. The number of hydrogen-bond acceptors (Lipinski definition) is 6. The van der Waals surface area contributed by atoms with E-state index in [1.54, 1.807) is 39.5 Å². The number of tetrazole rings is 1. The maximum Gasteiger partial charge on any atom is 0.234 e. The number of thioether (sulfide) groups is 2. The minimum absolute atomic E-state index is 0.0540. The molecule has 0 bridgehead atoms. The van der Waals surface area contributed by atoms with Crippen molar-refractivity contribution in [3.63, 3.8) is 0 Å². The third-order valence-corrected chi connectivity index (χ3v) is 6.57. The molecule has 2 aromatic carbocycles. The Morgan fingerprint density at radius 3 is 2.82 bits per heavy atom. The molecule has 2 heterocycles. The molecule has 9 heteroatoms. The predicted molar refractivity (Wildman–Crippen MR) is 108 cm³/mol. The first-order valence-electron chi connectivity index (χ1n) is 8.77. The number of amides is 1. The monoisotopic (exact) mass is 415 g/mol.